The van der Waals surface area contributed by atoms with Crippen LogP contribution in [0.25, 0.3) is 5.57 Å². The van der Waals surface area contributed by atoms with Crippen LogP contribution in [0.3, 0.4) is 0 Å². The topological polar surface area (TPSA) is 69.5 Å². The number of likely N-dealkylation sites (N-methyl/N-ethyl adjacent to an activating group) is 1. The summed E-state index contributed by atoms with van der Waals surface area (Å²) < 4.78 is 6.57. The number of benzene rings is 2. The Morgan fingerprint density at radius 2 is 2.07 bits per heavy atom. The van der Waals surface area contributed by atoms with E-state index in [2.05, 4.69) is 41.4 Å². The number of rotatable bonds is 1. The molecule has 2 aliphatic carbocycles. The van der Waals surface area contributed by atoms with Crippen LogP contribution in [-0.4, -0.2) is 45.9 Å². The second-order valence-electron chi connectivity index (χ2n) is 9.28. The summed E-state index contributed by atoms with van der Waals surface area (Å²) in [6, 6.07) is 12.3. The molecule has 0 amide bonds. The first-order chi connectivity index (χ1) is 14.1. The highest BCUT2D eigenvalue weighted by Crippen LogP contribution is 2.67. The summed E-state index contributed by atoms with van der Waals surface area (Å²) in [5.41, 5.74) is 5.78. The van der Waals surface area contributed by atoms with E-state index in [4.69, 9.17) is 4.74 Å². The first-order valence-corrected chi connectivity index (χ1v) is 10.7. The van der Waals surface area contributed by atoms with E-state index >= 15 is 0 Å². The van der Waals surface area contributed by atoms with E-state index in [0.717, 1.165) is 31.5 Å². The molecule has 6 heteroatoms. The normalized spacial score (nSPS) is 34.6. The van der Waals surface area contributed by atoms with E-state index in [1.165, 1.54) is 28.1 Å². The predicted octanol–water partition coefficient (Wildman–Crippen LogP) is -1.20. The number of aliphatic hydroxyl groups is 1. The Morgan fingerprint density at radius 3 is 2.90 bits per heavy atom. The van der Waals surface area contributed by atoms with E-state index in [-0.39, 0.29) is 30.3 Å². The summed E-state index contributed by atoms with van der Waals surface area (Å²) >= 11 is 0. The maximum absolute atomic E-state index is 12.5. The number of halogens is 1. The fraction of sp³-hybridized carbons (Fsp3) is 0.417. The van der Waals surface area contributed by atoms with Crippen molar-refractivity contribution in [3.8, 4) is 11.5 Å². The largest absolute Gasteiger partial charge is 1.00 e. The van der Waals surface area contributed by atoms with Crippen LogP contribution in [0.4, 0.5) is 5.69 Å². The number of hydrogen-bond acceptors (Lipinski definition) is 4. The number of nitrogens with two attached hydrogens (primary N) is 1. The number of phenolic OH excluding ortho intramolecular Hbond substituents is 1. The zero-order chi connectivity index (χ0) is 19.5. The minimum absolute atomic E-state index is 0. The van der Waals surface area contributed by atoms with Crippen molar-refractivity contribution in [1.29, 1.82) is 0 Å². The Hall–Kier alpha value is -2.05. The number of aromatic hydroxyl groups is 1. The van der Waals surface area contributed by atoms with E-state index < -0.39 is 11.0 Å². The van der Waals surface area contributed by atoms with Gasteiger partial charge in [0.25, 0.3) is 0 Å². The lowest BCUT2D eigenvalue weighted by Crippen LogP contribution is -3.00. The van der Waals surface area contributed by atoms with Gasteiger partial charge in [-0.2, -0.15) is 0 Å². The van der Waals surface area contributed by atoms with Gasteiger partial charge in [-0.05, 0) is 43.6 Å². The Bertz CT molecular complexity index is 1130. The number of nitrogens with zero attached hydrogens (tertiary/aromatic N) is 1. The average molecular weight is 425 g/mol. The molecule has 5 nitrogen and oxygen atoms in total. The summed E-state index contributed by atoms with van der Waals surface area (Å²) in [7, 11) is 0. The number of hydrogen-bond donors (Lipinski definition) is 3. The van der Waals surface area contributed by atoms with Crippen LogP contribution in [-0.2, 0) is 11.8 Å². The molecule has 0 radical (unpaired) electrons. The molecule has 1 fully saturated rings. The van der Waals surface area contributed by atoms with Crippen molar-refractivity contribution >= 4 is 11.3 Å². The van der Waals surface area contributed by atoms with Gasteiger partial charge < -0.3 is 27.4 Å². The van der Waals surface area contributed by atoms with Crippen LogP contribution in [0.1, 0.15) is 36.5 Å². The number of quaternary nitrogens is 1. The number of para-hydroxylation sites is 1. The Labute approximate surface area is 181 Å². The summed E-state index contributed by atoms with van der Waals surface area (Å²) in [4.78, 5) is 2.45. The second kappa shape index (κ2) is 5.80. The van der Waals surface area contributed by atoms with Crippen LogP contribution >= 0.6 is 0 Å². The Morgan fingerprint density at radius 1 is 1.23 bits per heavy atom. The van der Waals surface area contributed by atoms with Crippen molar-refractivity contribution in [1.82, 2.24) is 4.90 Å². The van der Waals surface area contributed by atoms with Gasteiger partial charge in [0, 0.05) is 35.2 Å². The lowest BCUT2D eigenvalue weighted by atomic mass is 9.49. The summed E-state index contributed by atoms with van der Waals surface area (Å²) in [6.45, 7) is 4.07. The van der Waals surface area contributed by atoms with Gasteiger partial charge in [0.15, 0.2) is 23.3 Å². The zero-order valence-corrected chi connectivity index (χ0v) is 17.6. The van der Waals surface area contributed by atoms with E-state index in [9.17, 15) is 10.2 Å². The molecule has 5 aliphatic rings. The third-order valence-corrected chi connectivity index (χ3v) is 8.40. The van der Waals surface area contributed by atoms with Crippen molar-refractivity contribution in [3.63, 3.8) is 0 Å². The fourth-order valence-corrected chi connectivity index (χ4v) is 7.23. The van der Waals surface area contributed by atoms with Crippen LogP contribution in [0.15, 0.2) is 42.1 Å². The van der Waals surface area contributed by atoms with Crippen molar-refractivity contribution in [2.75, 3.05) is 13.1 Å². The van der Waals surface area contributed by atoms with Gasteiger partial charge in [0.1, 0.15) is 5.69 Å². The number of phenols is 1. The molecule has 2 aromatic rings. The van der Waals surface area contributed by atoms with E-state index in [1.54, 1.807) is 6.07 Å². The standard InChI is InChI=1S/C24H24N2O3.ClH/c1-2-26-10-9-23-19-13-7-8-17(27)21(19)29-22(23)20-15(12-24(23,28)18(26)11-13)14-5-3-4-6-16(14)25-20;/h3-8,18,22,25,27-28H,2,9-12H2,1H3;1H/t18-,22-,23-,24+;/m0./s1. The quantitative estimate of drug-likeness (QED) is 0.503. The highest BCUT2D eigenvalue weighted by atomic mass is 35.5. The lowest BCUT2D eigenvalue weighted by molar-refractivity contribution is -0.524. The van der Waals surface area contributed by atoms with Gasteiger partial charge >= 0.3 is 0 Å². The van der Waals surface area contributed by atoms with E-state index in [0.29, 0.717) is 12.2 Å². The molecule has 30 heavy (non-hydrogen) atoms. The molecule has 0 unspecified atom stereocenters. The first kappa shape index (κ1) is 18.7. The molecule has 1 saturated heterocycles. The van der Waals surface area contributed by atoms with Crippen LogP contribution in [0, 0.1) is 0 Å². The highest BCUT2D eigenvalue weighted by molar-refractivity contribution is 5.82. The summed E-state index contributed by atoms with van der Waals surface area (Å²) in [5, 5.41) is 25.4. The molecule has 2 bridgehead atoms. The molecule has 3 heterocycles. The fourth-order valence-electron chi connectivity index (χ4n) is 7.23. The predicted molar refractivity (Wildman–Crippen MR) is 108 cm³/mol. The number of ether oxygens (including phenoxy) is 1. The summed E-state index contributed by atoms with van der Waals surface area (Å²) in [5.74, 6) is 0.802. The number of likely N-dealkylation sites (tertiary alicyclic amines) is 1. The SMILES string of the molecule is CCN1CC[C@]23c4c5ccc(O)c4O[C@H]2C2=C(C[C@@]3(O)[C@@H]1C5)c1ccccc1[NH2+]2.[Cl-]. The minimum atomic E-state index is -0.901. The maximum atomic E-state index is 12.5. The van der Waals surface area contributed by atoms with Gasteiger partial charge in [0.2, 0.25) is 0 Å². The average Bonchev–Trinajstić information content (AvgIpc) is 3.25. The van der Waals surface area contributed by atoms with Gasteiger partial charge in [-0.1, -0.05) is 25.1 Å². The van der Waals surface area contributed by atoms with Crippen molar-refractivity contribution in [2.24, 2.45) is 0 Å². The molecule has 7 rings (SSSR count). The van der Waals surface area contributed by atoms with Crippen LogP contribution in [0.5, 0.6) is 11.5 Å². The van der Waals surface area contributed by atoms with Gasteiger partial charge in [-0.3, -0.25) is 10.2 Å². The van der Waals surface area contributed by atoms with Crippen molar-refractivity contribution in [3.05, 3.63) is 58.8 Å². The molecule has 0 saturated carbocycles. The third kappa shape index (κ3) is 1.83. The third-order valence-electron chi connectivity index (χ3n) is 8.40. The molecule has 2 aromatic carbocycles. The maximum Gasteiger partial charge on any atom is 0.186 e. The Balaban J connectivity index is 0.00000175. The second-order valence-corrected chi connectivity index (χ2v) is 9.28. The molecule has 156 valence electrons. The van der Waals surface area contributed by atoms with Crippen LogP contribution < -0.4 is 22.5 Å². The molecule has 1 spiro atoms. The molecule has 4 N–H and O–H groups in total. The number of fused-ring (bicyclic) bond motifs is 3. The van der Waals surface area contributed by atoms with Crippen LogP contribution in [0.2, 0.25) is 0 Å². The van der Waals surface area contributed by atoms with E-state index in [1.807, 2.05) is 6.07 Å². The van der Waals surface area contributed by atoms with Crippen molar-refractivity contribution in [2.45, 2.75) is 49.3 Å². The van der Waals surface area contributed by atoms with Gasteiger partial charge in [-0.15, -0.1) is 0 Å². The molecular formula is C24H25ClN2O3. The molecule has 0 aromatic heterocycles. The first-order valence-electron chi connectivity index (χ1n) is 10.7. The summed E-state index contributed by atoms with van der Waals surface area (Å²) in [6.07, 6.45) is 2.06. The molecule has 3 aliphatic heterocycles. The monoisotopic (exact) mass is 424 g/mol. The number of piperidine rings is 1. The van der Waals surface area contributed by atoms with Gasteiger partial charge in [0.05, 0.1) is 11.0 Å². The molecular weight excluding hydrogens is 400 g/mol. The van der Waals surface area contributed by atoms with Crippen molar-refractivity contribution < 1.29 is 32.7 Å². The Kier molecular flexibility index (Phi) is 3.61. The molecule has 4 atom stereocenters. The highest BCUT2D eigenvalue weighted by Gasteiger charge is 2.74. The zero-order valence-electron chi connectivity index (χ0n) is 16.9. The smallest absolute Gasteiger partial charge is 0.186 e. The lowest BCUT2D eigenvalue weighted by Gasteiger charge is -2.62. The minimum Gasteiger partial charge on any atom is -1.00 e. The van der Waals surface area contributed by atoms with Gasteiger partial charge in [-0.25, -0.2) is 0 Å².